The van der Waals surface area contributed by atoms with Gasteiger partial charge in [0.25, 0.3) is 0 Å². The van der Waals surface area contributed by atoms with E-state index >= 15 is 0 Å². The zero-order valence-electron chi connectivity index (χ0n) is 7.55. The molecule has 0 aliphatic carbocycles. The highest BCUT2D eigenvalue weighted by Crippen LogP contribution is 2.14. The average molecular weight is 191 g/mol. The van der Waals surface area contributed by atoms with Gasteiger partial charge in [0.05, 0.1) is 5.39 Å². The molecule has 0 unspecified atom stereocenters. The zero-order valence-corrected chi connectivity index (χ0v) is 7.55. The van der Waals surface area contributed by atoms with E-state index in [4.69, 9.17) is 10.9 Å². The van der Waals surface area contributed by atoms with Gasteiger partial charge < -0.3 is 10.9 Å². The molecule has 0 aliphatic heterocycles. The van der Waals surface area contributed by atoms with Crippen LogP contribution in [0.3, 0.4) is 0 Å². The van der Waals surface area contributed by atoms with Crippen LogP contribution >= 0.6 is 0 Å². The molecular formula is C8H9N5O. The van der Waals surface area contributed by atoms with Crippen LogP contribution in [0.5, 0.6) is 0 Å². The molecule has 6 nitrogen and oxygen atoms in total. The topological polar surface area (TPSA) is 89.3 Å². The minimum atomic E-state index is -0.0106. The first kappa shape index (κ1) is 8.49. The molecule has 0 amide bonds. The zero-order chi connectivity index (χ0) is 10.1. The average Bonchev–Trinajstić information content (AvgIpc) is 2.56. The summed E-state index contributed by atoms with van der Waals surface area (Å²) in [4.78, 5) is 4.13. The van der Waals surface area contributed by atoms with Crippen molar-refractivity contribution >= 4 is 16.9 Å². The van der Waals surface area contributed by atoms with Crippen LogP contribution in [0.4, 0.5) is 0 Å². The van der Waals surface area contributed by atoms with E-state index < -0.39 is 0 Å². The Morgan fingerprint density at radius 3 is 3.14 bits per heavy atom. The van der Waals surface area contributed by atoms with Gasteiger partial charge in [-0.2, -0.15) is 5.10 Å². The third-order valence-corrected chi connectivity index (χ3v) is 1.95. The minimum Gasteiger partial charge on any atom is -0.409 e. The van der Waals surface area contributed by atoms with Gasteiger partial charge in [-0.3, -0.25) is 0 Å². The molecule has 0 aromatic carbocycles. The van der Waals surface area contributed by atoms with E-state index in [9.17, 15) is 0 Å². The molecule has 2 rings (SSSR count). The van der Waals surface area contributed by atoms with E-state index in [1.165, 1.54) is 0 Å². The fourth-order valence-electron chi connectivity index (χ4n) is 1.33. The number of aryl methyl sites for hydroxylation is 1. The quantitative estimate of drug-likeness (QED) is 0.289. The highest BCUT2D eigenvalue weighted by atomic mass is 16.4. The van der Waals surface area contributed by atoms with Crippen LogP contribution in [-0.4, -0.2) is 25.8 Å². The van der Waals surface area contributed by atoms with Crippen molar-refractivity contribution < 1.29 is 5.21 Å². The molecule has 0 bridgehead atoms. The second kappa shape index (κ2) is 2.99. The van der Waals surface area contributed by atoms with Crippen LogP contribution in [0.25, 0.3) is 11.0 Å². The fourth-order valence-corrected chi connectivity index (χ4v) is 1.33. The predicted octanol–water partition coefficient (Wildman–Crippen LogP) is 0.0628. The van der Waals surface area contributed by atoms with Crippen molar-refractivity contribution in [2.75, 3.05) is 0 Å². The molecule has 2 aromatic rings. The summed E-state index contributed by atoms with van der Waals surface area (Å²) in [6, 6.07) is 3.60. The molecule has 3 N–H and O–H groups in total. The Hall–Kier alpha value is -2.11. The number of hydrogen-bond acceptors (Lipinski definition) is 4. The maximum atomic E-state index is 8.55. The molecule has 14 heavy (non-hydrogen) atoms. The number of nitrogens with zero attached hydrogens (tertiary/aromatic N) is 4. The lowest BCUT2D eigenvalue weighted by molar-refractivity contribution is 0.318. The van der Waals surface area contributed by atoms with Crippen molar-refractivity contribution in [3.8, 4) is 0 Å². The maximum Gasteiger partial charge on any atom is 0.191 e. The summed E-state index contributed by atoms with van der Waals surface area (Å²) >= 11 is 0. The summed E-state index contributed by atoms with van der Waals surface area (Å²) in [6.07, 6.45) is 1.67. The molecule has 2 heterocycles. The standard InChI is InChI=1S/C8H9N5O/c1-13-8-5(3-2-4-10-8)6(11-13)7(9)12-14/h2-4,14H,1H3,(H2,9,12). The smallest absolute Gasteiger partial charge is 0.191 e. The molecule has 6 heteroatoms. The second-order valence-corrected chi connectivity index (χ2v) is 2.83. The van der Waals surface area contributed by atoms with Gasteiger partial charge in [0.1, 0.15) is 5.69 Å². The number of oxime groups is 1. The van der Waals surface area contributed by atoms with Crippen molar-refractivity contribution in [2.45, 2.75) is 0 Å². The minimum absolute atomic E-state index is 0.0106. The summed E-state index contributed by atoms with van der Waals surface area (Å²) in [5, 5.41) is 16.3. The lowest BCUT2D eigenvalue weighted by Crippen LogP contribution is -2.14. The molecule has 0 saturated carbocycles. The molecule has 2 aromatic heterocycles. The second-order valence-electron chi connectivity index (χ2n) is 2.83. The summed E-state index contributed by atoms with van der Waals surface area (Å²) < 4.78 is 1.59. The molecule has 0 saturated heterocycles. The number of amidine groups is 1. The highest BCUT2D eigenvalue weighted by molar-refractivity contribution is 6.05. The molecule has 72 valence electrons. The van der Waals surface area contributed by atoms with Gasteiger partial charge in [-0.25, -0.2) is 9.67 Å². The Morgan fingerprint density at radius 1 is 1.64 bits per heavy atom. The number of rotatable bonds is 1. The van der Waals surface area contributed by atoms with Gasteiger partial charge in [-0.15, -0.1) is 0 Å². The fraction of sp³-hybridized carbons (Fsp3) is 0.125. The Bertz CT molecular complexity index is 501. The molecule has 0 aliphatic rings. The largest absolute Gasteiger partial charge is 0.409 e. The number of nitrogens with two attached hydrogens (primary N) is 1. The van der Waals surface area contributed by atoms with Crippen LogP contribution in [-0.2, 0) is 7.05 Å². The SMILES string of the molecule is Cn1nc(/C(N)=N\O)c2cccnc21. The summed E-state index contributed by atoms with van der Waals surface area (Å²) in [6.45, 7) is 0. The van der Waals surface area contributed by atoms with Gasteiger partial charge in [-0.1, -0.05) is 5.16 Å². The summed E-state index contributed by atoms with van der Waals surface area (Å²) in [5.41, 5.74) is 6.62. The van der Waals surface area contributed by atoms with Crippen molar-refractivity contribution in [1.82, 2.24) is 14.8 Å². The first-order valence-corrected chi connectivity index (χ1v) is 3.99. The highest BCUT2D eigenvalue weighted by Gasteiger charge is 2.11. The Kier molecular flexibility index (Phi) is 1.81. The van der Waals surface area contributed by atoms with Gasteiger partial charge in [0.2, 0.25) is 0 Å². The lowest BCUT2D eigenvalue weighted by Gasteiger charge is -1.91. The Morgan fingerprint density at radius 2 is 2.43 bits per heavy atom. The van der Waals surface area contributed by atoms with E-state index in [-0.39, 0.29) is 5.84 Å². The summed E-state index contributed by atoms with van der Waals surface area (Å²) in [7, 11) is 1.75. The Balaban J connectivity index is 2.79. The van der Waals surface area contributed by atoms with Crippen LogP contribution in [0.2, 0.25) is 0 Å². The van der Waals surface area contributed by atoms with Gasteiger partial charge in [0, 0.05) is 13.2 Å². The van der Waals surface area contributed by atoms with Crippen LogP contribution in [0.1, 0.15) is 5.69 Å². The van der Waals surface area contributed by atoms with E-state index in [0.29, 0.717) is 11.3 Å². The molecular weight excluding hydrogens is 182 g/mol. The lowest BCUT2D eigenvalue weighted by atomic mass is 10.2. The van der Waals surface area contributed by atoms with Crippen molar-refractivity contribution in [3.63, 3.8) is 0 Å². The Labute approximate surface area is 79.7 Å². The van der Waals surface area contributed by atoms with E-state index in [1.54, 1.807) is 24.0 Å². The number of aromatic nitrogens is 3. The van der Waals surface area contributed by atoms with Crippen molar-refractivity contribution in [3.05, 3.63) is 24.0 Å². The van der Waals surface area contributed by atoms with E-state index in [1.807, 2.05) is 6.07 Å². The number of hydrogen-bond donors (Lipinski definition) is 2. The van der Waals surface area contributed by atoms with Crippen LogP contribution in [0, 0.1) is 0 Å². The van der Waals surface area contributed by atoms with Crippen LogP contribution in [0.15, 0.2) is 23.5 Å². The molecule has 0 atom stereocenters. The van der Waals surface area contributed by atoms with Gasteiger partial charge in [-0.05, 0) is 12.1 Å². The van der Waals surface area contributed by atoms with Crippen molar-refractivity contribution in [2.24, 2.45) is 17.9 Å². The van der Waals surface area contributed by atoms with Gasteiger partial charge in [0.15, 0.2) is 11.5 Å². The molecule has 0 spiro atoms. The molecule has 0 fully saturated rings. The van der Waals surface area contributed by atoms with Gasteiger partial charge >= 0.3 is 0 Å². The maximum absolute atomic E-state index is 8.55. The monoisotopic (exact) mass is 191 g/mol. The molecule has 0 radical (unpaired) electrons. The van der Waals surface area contributed by atoms with E-state index in [0.717, 1.165) is 5.39 Å². The number of pyridine rings is 1. The first-order valence-electron chi connectivity index (χ1n) is 3.99. The third kappa shape index (κ3) is 1.08. The summed E-state index contributed by atoms with van der Waals surface area (Å²) in [5.74, 6) is -0.0106. The predicted molar refractivity (Wildman–Crippen MR) is 51.0 cm³/mol. The normalized spacial score (nSPS) is 12.2. The number of fused-ring (bicyclic) bond motifs is 1. The van der Waals surface area contributed by atoms with Crippen molar-refractivity contribution in [1.29, 1.82) is 0 Å². The first-order chi connectivity index (χ1) is 6.74. The third-order valence-electron chi connectivity index (χ3n) is 1.95. The van der Waals surface area contributed by atoms with E-state index in [2.05, 4.69) is 15.2 Å². The van der Waals surface area contributed by atoms with Crippen LogP contribution < -0.4 is 5.73 Å².